The Balaban J connectivity index is 2.97. The van der Waals surface area contributed by atoms with Crippen LogP contribution in [0.15, 0.2) is 0 Å². The highest BCUT2D eigenvalue weighted by atomic mass is 35.5. The quantitative estimate of drug-likeness (QED) is 0.760. The van der Waals surface area contributed by atoms with Gasteiger partial charge in [-0.05, 0) is 25.4 Å². The summed E-state index contributed by atoms with van der Waals surface area (Å²) in [5.74, 6) is 0.265. The lowest BCUT2D eigenvalue weighted by molar-refractivity contribution is -0.116. The van der Waals surface area contributed by atoms with E-state index in [9.17, 15) is 4.79 Å². The van der Waals surface area contributed by atoms with Crippen LogP contribution in [0.3, 0.4) is 0 Å². The number of nitrogens with zero attached hydrogens (tertiary/aromatic N) is 4. The molecule has 0 saturated heterocycles. The first kappa shape index (κ1) is 13.4. The largest absolute Gasteiger partial charge is 0.368 e. The van der Waals surface area contributed by atoms with Crippen LogP contribution in [0.1, 0.15) is 13.8 Å². The number of anilines is 2. The maximum absolute atomic E-state index is 10.9. The van der Waals surface area contributed by atoms with Crippen molar-refractivity contribution in [3.63, 3.8) is 0 Å². The number of amides is 1. The van der Waals surface area contributed by atoms with Crippen LogP contribution in [0.4, 0.5) is 11.9 Å². The third kappa shape index (κ3) is 4.03. The van der Waals surface area contributed by atoms with Crippen LogP contribution < -0.4 is 16.0 Å². The zero-order valence-electron chi connectivity index (χ0n) is 9.77. The number of hydrogen-bond acceptors (Lipinski definition) is 6. The summed E-state index contributed by atoms with van der Waals surface area (Å²) < 4.78 is 0. The van der Waals surface area contributed by atoms with Gasteiger partial charge in [-0.1, -0.05) is 0 Å². The molecule has 94 valence electrons. The lowest BCUT2D eigenvalue weighted by atomic mass is 10.5. The van der Waals surface area contributed by atoms with E-state index in [0.29, 0.717) is 25.0 Å². The van der Waals surface area contributed by atoms with E-state index < -0.39 is 5.91 Å². The first-order chi connectivity index (χ1) is 8.06. The van der Waals surface area contributed by atoms with Crippen molar-refractivity contribution in [3.05, 3.63) is 5.28 Å². The molecule has 0 radical (unpaired) electrons. The lowest BCUT2D eigenvalue weighted by Gasteiger charge is -2.19. The number of halogens is 1. The summed E-state index contributed by atoms with van der Waals surface area (Å²) in [6.45, 7) is 5.05. The van der Waals surface area contributed by atoms with Crippen molar-refractivity contribution >= 4 is 29.4 Å². The van der Waals surface area contributed by atoms with E-state index in [-0.39, 0.29) is 11.8 Å². The smallest absolute Gasteiger partial charge is 0.237 e. The second-order valence-electron chi connectivity index (χ2n) is 3.24. The highest BCUT2D eigenvalue weighted by molar-refractivity contribution is 6.28. The van der Waals surface area contributed by atoms with E-state index in [1.54, 1.807) is 4.90 Å². The average Bonchev–Trinajstić information content (AvgIpc) is 2.25. The molecule has 0 bridgehead atoms. The van der Waals surface area contributed by atoms with Gasteiger partial charge in [0.2, 0.25) is 23.1 Å². The predicted molar refractivity (Wildman–Crippen MR) is 66.1 cm³/mol. The molecular formula is C9H15ClN6O. The first-order valence-corrected chi connectivity index (χ1v) is 5.63. The highest BCUT2D eigenvalue weighted by Crippen LogP contribution is 2.13. The molecule has 0 aliphatic rings. The Kier molecular flexibility index (Phi) is 4.89. The summed E-state index contributed by atoms with van der Waals surface area (Å²) in [4.78, 5) is 24.5. The first-order valence-electron chi connectivity index (χ1n) is 5.25. The second kappa shape index (κ2) is 6.19. The molecule has 7 nitrogen and oxygen atoms in total. The van der Waals surface area contributed by atoms with Crippen molar-refractivity contribution in [3.8, 4) is 0 Å². The third-order valence-corrected chi connectivity index (χ3v) is 2.11. The minimum Gasteiger partial charge on any atom is -0.368 e. The van der Waals surface area contributed by atoms with Gasteiger partial charge in [-0.15, -0.1) is 0 Å². The number of hydrogen-bond donors (Lipinski definition) is 2. The number of likely N-dealkylation sites (N-methyl/N-ethyl adjacent to an activating group) is 1. The number of primary amides is 1. The van der Waals surface area contributed by atoms with Crippen molar-refractivity contribution in [1.82, 2.24) is 15.0 Å². The predicted octanol–water partition coefficient (Wildman–Crippen LogP) is 0.268. The van der Waals surface area contributed by atoms with E-state index in [1.807, 2.05) is 13.8 Å². The number of nitrogens with two attached hydrogens (primary N) is 1. The Labute approximate surface area is 104 Å². The Bertz CT molecular complexity index is 399. The van der Waals surface area contributed by atoms with Gasteiger partial charge < -0.3 is 16.0 Å². The molecular weight excluding hydrogens is 244 g/mol. The lowest BCUT2D eigenvalue weighted by Crippen LogP contribution is -2.35. The number of aromatic nitrogens is 3. The molecule has 0 fully saturated rings. The van der Waals surface area contributed by atoms with E-state index >= 15 is 0 Å². The van der Waals surface area contributed by atoms with Gasteiger partial charge in [-0.2, -0.15) is 15.0 Å². The Morgan fingerprint density at radius 2 is 2.12 bits per heavy atom. The number of rotatable bonds is 6. The molecule has 8 heteroatoms. The summed E-state index contributed by atoms with van der Waals surface area (Å²) >= 11 is 5.78. The molecule has 0 spiro atoms. The molecule has 0 saturated carbocycles. The van der Waals surface area contributed by atoms with Gasteiger partial charge >= 0.3 is 0 Å². The van der Waals surface area contributed by atoms with Crippen LogP contribution in [0.5, 0.6) is 0 Å². The summed E-state index contributed by atoms with van der Waals surface area (Å²) in [6.07, 6.45) is 0. The van der Waals surface area contributed by atoms with Crippen LogP contribution in [0.25, 0.3) is 0 Å². The molecule has 0 aliphatic heterocycles. The van der Waals surface area contributed by atoms with Crippen LogP contribution in [0, 0.1) is 0 Å². The summed E-state index contributed by atoms with van der Waals surface area (Å²) in [7, 11) is 0. The maximum Gasteiger partial charge on any atom is 0.237 e. The zero-order chi connectivity index (χ0) is 12.8. The maximum atomic E-state index is 10.9. The van der Waals surface area contributed by atoms with Crippen LogP contribution in [-0.4, -0.2) is 40.5 Å². The Morgan fingerprint density at radius 3 is 2.65 bits per heavy atom. The Hall–Kier alpha value is -1.63. The number of carbonyl (C=O) groups is 1. The second-order valence-corrected chi connectivity index (χ2v) is 3.58. The molecule has 1 rings (SSSR count). The summed E-state index contributed by atoms with van der Waals surface area (Å²) in [5.41, 5.74) is 5.14. The number of nitrogens with one attached hydrogen (secondary N) is 1. The van der Waals surface area contributed by atoms with Crippen LogP contribution in [-0.2, 0) is 4.79 Å². The van der Waals surface area contributed by atoms with Gasteiger partial charge in [0, 0.05) is 13.1 Å². The minimum absolute atomic E-state index is 0.0441. The van der Waals surface area contributed by atoms with Crippen molar-refractivity contribution < 1.29 is 4.79 Å². The monoisotopic (exact) mass is 258 g/mol. The molecule has 1 amide bonds. The van der Waals surface area contributed by atoms with Gasteiger partial charge in [0.05, 0.1) is 6.54 Å². The highest BCUT2D eigenvalue weighted by Gasteiger charge is 2.13. The molecule has 1 aromatic heterocycles. The van der Waals surface area contributed by atoms with Crippen molar-refractivity contribution in [2.45, 2.75) is 13.8 Å². The third-order valence-electron chi connectivity index (χ3n) is 1.94. The van der Waals surface area contributed by atoms with Crippen molar-refractivity contribution in [2.24, 2.45) is 5.73 Å². The molecule has 3 N–H and O–H groups in total. The fourth-order valence-electron chi connectivity index (χ4n) is 1.23. The fraction of sp³-hybridized carbons (Fsp3) is 0.556. The minimum atomic E-state index is -0.451. The van der Waals surface area contributed by atoms with Gasteiger partial charge in [0.15, 0.2) is 0 Å². The summed E-state index contributed by atoms with van der Waals surface area (Å²) in [6, 6.07) is 0. The molecule has 0 aromatic carbocycles. The fourth-order valence-corrected chi connectivity index (χ4v) is 1.39. The SMILES string of the molecule is CCNc1nc(Cl)nc(N(CC)CC(N)=O)n1. The average molecular weight is 259 g/mol. The van der Waals surface area contributed by atoms with Gasteiger partial charge in [0.25, 0.3) is 0 Å². The molecule has 0 atom stereocenters. The molecule has 0 unspecified atom stereocenters. The molecule has 17 heavy (non-hydrogen) atoms. The number of carbonyl (C=O) groups excluding carboxylic acids is 1. The van der Waals surface area contributed by atoms with Crippen LogP contribution >= 0.6 is 11.6 Å². The van der Waals surface area contributed by atoms with Gasteiger partial charge in [0.1, 0.15) is 0 Å². The van der Waals surface area contributed by atoms with Crippen LogP contribution in [0.2, 0.25) is 5.28 Å². The van der Waals surface area contributed by atoms with Crippen molar-refractivity contribution in [1.29, 1.82) is 0 Å². The molecule has 1 heterocycles. The molecule has 1 aromatic rings. The van der Waals surface area contributed by atoms with Gasteiger partial charge in [-0.3, -0.25) is 4.79 Å². The van der Waals surface area contributed by atoms with E-state index in [2.05, 4.69) is 20.3 Å². The van der Waals surface area contributed by atoms with Gasteiger partial charge in [-0.25, -0.2) is 0 Å². The van der Waals surface area contributed by atoms with E-state index in [0.717, 1.165) is 0 Å². The zero-order valence-corrected chi connectivity index (χ0v) is 10.5. The topological polar surface area (TPSA) is 97.0 Å². The summed E-state index contributed by atoms with van der Waals surface area (Å²) in [5, 5.41) is 3.01. The van der Waals surface area contributed by atoms with Crippen molar-refractivity contribution in [2.75, 3.05) is 29.9 Å². The van der Waals surface area contributed by atoms with E-state index in [1.165, 1.54) is 0 Å². The molecule has 0 aliphatic carbocycles. The normalized spacial score (nSPS) is 10.1. The van der Waals surface area contributed by atoms with E-state index in [4.69, 9.17) is 17.3 Å². The standard InChI is InChI=1S/C9H15ClN6O/c1-3-12-8-13-7(10)14-9(15-8)16(4-2)5-6(11)17/h3-5H2,1-2H3,(H2,11,17)(H,12,13,14,15). The Morgan fingerprint density at radius 1 is 1.41 bits per heavy atom.